The second-order valence-corrected chi connectivity index (χ2v) is 5.78. The van der Waals surface area contributed by atoms with Gasteiger partial charge in [-0.2, -0.15) is 0 Å². The highest BCUT2D eigenvalue weighted by Crippen LogP contribution is 2.39. The lowest BCUT2D eigenvalue weighted by Gasteiger charge is -2.50. The molecule has 3 nitrogen and oxygen atoms in total. The fraction of sp³-hybridized carbons (Fsp3) is 0.857. The first-order valence-corrected chi connectivity index (χ1v) is 6.81. The summed E-state index contributed by atoms with van der Waals surface area (Å²) in [4.78, 5) is 2.39. The highest BCUT2D eigenvalue weighted by molar-refractivity contribution is 5.01. The second kappa shape index (κ2) is 6.53. The smallest absolute Gasteiger partial charge is 0.0397 e. The lowest BCUT2D eigenvalue weighted by molar-refractivity contribution is 0.0346. The summed E-state index contributed by atoms with van der Waals surface area (Å²) >= 11 is 0. The predicted molar refractivity (Wildman–Crippen MR) is 74.6 cm³/mol. The standard InChI is InChI=1S/C14H29N3/c1-5-6-9-13(16-15)14(17(3)4)10-7-8-12(2)11-14/h5,12-13,16H,1,6-11,15H2,2-4H3. The van der Waals surface area contributed by atoms with Gasteiger partial charge < -0.3 is 4.90 Å². The first-order valence-electron chi connectivity index (χ1n) is 6.81. The molecule has 0 saturated heterocycles. The number of hydrogen-bond donors (Lipinski definition) is 2. The largest absolute Gasteiger partial charge is 0.302 e. The Kier molecular flexibility index (Phi) is 5.63. The normalized spacial score (nSPS) is 31.5. The van der Waals surface area contributed by atoms with E-state index in [4.69, 9.17) is 5.84 Å². The molecule has 3 atom stereocenters. The first kappa shape index (κ1) is 14.7. The summed E-state index contributed by atoms with van der Waals surface area (Å²) < 4.78 is 0. The summed E-state index contributed by atoms with van der Waals surface area (Å²) in [5, 5.41) is 0. The fourth-order valence-electron chi connectivity index (χ4n) is 3.39. The minimum absolute atomic E-state index is 0.218. The van der Waals surface area contributed by atoms with Crippen LogP contribution in [0.15, 0.2) is 12.7 Å². The van der Waals surface area contributed by atoms with Crippen LogP contribution in [0.25, 0.3) is 0 Å². The first-order chi connectivity index (χ1) is 8.06. The number of allylic oxidation sites excluding steroid dienone is 1. The van der Waals surface area contributed by atoms with Crippen molar-refractivity contribution in [2.45, 2.75) is 57.0 Å². The second-order valence-electron chi connectivity index (χ2n) is 5.78. The molecule has 3 N–H and O–H groups in total. The molecule has 1 rings (SSSR count). The van der Waals surface area contributed by atoms with E-state index in [0.717, 1.165) is 18.8 Å². The van der Waals surface area contributed by atoms with Crippen LogP contribution >= 0.6 is 0 Å². The van der Waals surface area contributed by atoms with Gasteiger partial charge in [0.25, 0.3) is 0 Å². The van der Waals surface area contributed by atoms with Gasteiger partial charge in [-0.25, -0.2) is 0 Å². The Morgan fingerprint density at radius 2 is 2.29 bits per heavy atom. The van der Waals surface area contributed by atoms with Crippen molar-refractivity contribution in [1.29, 1.82) is 0 Å². The summed E-state index contributed by atoms with van der Waals surface area (Å²) in [6.07, 6.45) is 9.24. The molecule has 100 valence electrons. The minimum Gasteiger partial charge on any atom is -0.302 e. The Bertz CT molecular complexity index is 240. The van der Waals surface area contributed by atoms with Gasteiger partial charge >= 0.3 is 0 Å². The molecule has 3 unspecified atom stereocenters. The van der Waals surface area contributed by atoms with Crippen LogP contribution < -0.4 is 11.3 Å². The zero-order valence-corrected chi connectivity index (χ0v) is 11.7. The Hall–Kier alpha value is -0.380. The molecule has 1 fully saturated rings. The SMILES string of the molecule is C=CCCC(NN)C1(N(C)C)CCCC(C)C1. The van der Waals surface area contributed by atoms with Crippen molar-refractivity contribution in [3.8, 4) is 0 Å². The number of nitrogens with zero attached hydrogens (tertiary/aromatic N) is 1. The molecule has 0 heterocycles. The van der Waals surface area contributed by atoms with Gasteiger partial charge in [0.1, 0.15) is 0 Å². The lowest BCUT2D eigenvalue weighted by atomic mass is 9.70. The van der Waals surface area contributed by atoms with Crippen molar-refractivity contribution in [3.63, 3.8) is 0 Å². The Morgan fingerprint density at radius 1 is 1.59 bits per heavy atom. The van der Waals surface area contributed by atoms with Gasteiger partial charge in [-0.1, -0.05) is 25.8 Å². The molecule has 17 heavy (non-hydrogen) atoms. The van der Waals surface area contributed by atoms with Crippen LogP contribution in [0.1, 0.15) is 45.4 Å². The average molecular weight is 239 g/mol. The van der Waals surface area contributed by atoms with Crippen LogP contribution in [0, 0.1) is 5.92 Å². The van der Waals surface area contributed by atoms with E-state index >= 15 is 0 Å². The van der Waals surface area contributed by atoms with Gasteiger partial charge in [0, 0.05) is 11.6 Å². The molecule has 1 saturated carbocycles. The van der Waals surface area contributed by atoms with Crippen LogP contribution in [0.2, 0.25) is 0 Å². The summed E-state index contributed by atoms with van der Waals surface area (Å²) in [5.41, 5.74) is 3.28. The third kappa shape index (κ3) is 3.30. The highest BCUT2D eigenvalue weighted by atomic mass is 15.3. The summed E-state index contributed by atoms with van der Waals surface area (Å²) in [6.45, 7) is 6.17. The Balaban J connectivity index is 2.83. The quantitative estimate of drug-likeness (QED) is 0.424. The molecule has 1 aliphatic carbocycles. The van der Waals surface area contributed by atoms with Gasteiger partial charge in [0.2, 0.25) is 0 Å². The molecule has 0 aromatic heterocycles. The maximum atomic E-state index is 5.80. The molecule has 0 aliphatic heterocycles. The third-order valence-electron chi connectivity index (χ3n) is 4.41. The summed E-state index contributed by atoms with van der Waals surface area (Å²) in [6, 6.07) is 0.359. The molecule has 0 spiro atoms. The highest BCUT2D eigenvalue weighted by Gasteiger charge is 2.42. The maximum absolute atomic E-state index is 5.80. The Labute approximate surface area is 106 Å². The van der Waals surface area contributed by atoms with Crippen molar-refractivity contribution < 1.29 is 0 Å². The molecule has 0 radical (unpaired) electrons. The molecule has 3 heteroatoms. The van der Waals surface area contributed by atoms with E-state index in [-0.39, 0.29) is 5.54 Å². The van der Waals surface area contributed by atoms with E-state index in [0.29, 0.717) is 6.04 Å². The van der Waals surface area contributed by atoms with Gasteiger partial charge in [-0.15, -0.1) is 6.58 Å². The predicted octanol–water partition coefficient (Wildman–Crippen LogP) is 2.29. The van der Waals surface area contributed by atoms with E-state index in [9.17, 15) is 0 Å². The summed E-state index contributed by atoms with van der Waals surface area (Å²) in [5.74, 6) is 6.60. The summed E-state index contributed by atoms with van der Waals surface area (Å²) in [7, 11) is 4.38. The molecule has 0 aromatic carbocycles. The van der Waals surface area contributed by atoms with Crippen LogP contribution in [-0.4, -0.2) is 30.6 Å². The number of hydrogen-bond acceptors (Lipinski definition) is 3. The molecule has 0 bridgehead atoms. The van der Waals surface area contributed by atoms with Crippen molar-refractivity contribution >= 4 is 0 Å². The van der Waals surface area contributed by atoms with E-state index in [1.807, 2.05) is 6.08 Å². The van der Waals surface area contributed by atoms with Crippen LogP contribution in [0.5, 0.6) is 0 Å². The van der Waals surface area contributed by atoms with Crippen molar-refractivity contribution in [1.82, 2.24) is 10.3 Å². The topological polar surface area (TPSA) is 41.3 Å². The molecule has 0 aromatic rings. The van der Waals surface area contributed by atoms with Gasteiger partial charge in [-0.05, 0) is 45.7 Å². The van der Waals surface area contributed by atoms with E-state index in [1.165, 1.54) is 25.7 Å². The number of likely N-dealkylation sites (N-methyl/N-ethyl adjacent to an activating group) is 1. The van der Waals surface area contributed by atoms with Crippen LogP contribution in [-0.2, 0) is 0 Å². The average Bonchev–Trinajstić information content (AvgIpc) is 2.29. The molecule has 0 amide bonds. The van der Waals surface area contributed by atoms with E-state index in [2.05, 4.69) is 37.9 Å². The third-order valence-corrected chi connectivity index (χ3v) is 4.41. The van der Waals surface area contributed by atoms with E-state index in [1.54, 1.807) is 0 Å². The van der Waals surface area contributed by atoms with Gasteiger partial charge in [0.05, 0.1) is 0 Å². The Morgan fingerprint density at radius 3 is 2.76 bits per heavy atom. The van der Waals surface area contributed by atoms with Gasteiger partial charge in [-0.3, -0.25) is 11.3 Å². The fourth-order valence-corrected chi connectivity index (χ4v) is 3.39. The van der Waals surface area contributed by atoms with Crippen molar-refractivity contribution in [2.75, 3.05) is 14.1 Å². The number of nitrogens with one attached hydrogen (secondary N) is 1. The van der Waals surface area contributed by atoms with Crippen LogP contribution in [0.4, 0.5) is 0 Å². The molecular formula is C14H29N3. The zero-order chi connectivity index (χ0) is 12.9. The van der Waals surface area contributed by atoms with E-state index < -0.39 is 0 Å². The molecule has 1 aliphatic rings. The van der Waals surface area contributed by atoms with Crippen molar-refractivity contribution in [3.05, 3.63) is 12.7 Å². The minimum atomic E-state index is 0.218. The maximum Gasteiger partial charge on any atom is 0.0397 e. The number of nitrogens with two attached hydrogens (primary N) is 1. The lowest BCUT2D eigenvalue weighted by Crippen LogP contribution is -2.62. The molecular weight excluding hydrogens is 210 g/mol. The number of rotatable bonds is 6. The van der Waals surface area contributed by atoms with Gasteiger partial charge in [0.15, 0.2) is 0 Å². The van der Waals surface area contributed by atoms with Crippen LogP contribution in [0.3, 0.4) is 0 Å². The van der Waals surface area contributed by atoms with Crippen molar-refractivity contribution in [2.24, 2.45) is 11.8 Å². The monoisotopic (exact) mass is 239 g/mol. The number of hydrazine groups is 1. The zero-order valence-electron chi connectivity index (χ0n) is 11.7.